The third kappa shape index (κ3) is 3.62. The van der Waals surface area contributed by atoms with Gasteiger partial charge in [-0.1, -0.05) is 11.8 Å². The molecule has 1 aliphatic rings. The van der Waals surface area contributed by atoms with Crippen molar-refractivity contribution in [1.29, 1.82) is 0 Å². The van der Waals surface area contributed by atoms with E-state index in [1.54, 1.807) is 13.2 Å². The van der Waals surface area contributed by atoms with Crippen LogP contribution in [0.4, 0.5) is 11.5 Å². The normalized spacial score (nSPS) is 13.5. The van der Waals surface area contributed by atoms with E-state index in [1.165, 1.54) is 11.8 Å². The summed E-state index contributed by atoms with van der Waals surface area (Å²) in [5.74, 6) is 1.58. The number of nitrogens with zero attached hydrogens (tertiary/aromatic N) is 3. The summed E-state index contributed by atoms with van der Waals surface area (Å²) in [6, 6.07) is 7.56. The summed E-state index contributed by atoms with van der Waals surface area (Å²) in [5, 5.41) is 0.535. The van der Waals surface area contributed by atoms with Crippen LogP contribution in [0.2, 0.25) is 0 Å². The fourth-order valence-electron chi connectivity index (χ4n) is 2.79. The summed E-state index contributed by atoms with van der Waals surface area (Å²) in [6.45, 7) is 2.59. The van der Waals surface area contributed by atoms with Gasteiger partial charge in [-0.3, -0.25) is 4.79 Å². The van der Waals surface area contributed by atoms with E-state index in [4.69, 9.17) is 10.5 Å². The summed E-state index contributed by atoms with van der Waals surface area (Å²) >= 11 is 1.31. The molecule has 0 bridgehead atoms. The van der Waals surface area contributed by atoms with E-state index < -0.39 is 0 Å². The Balaban J connectivity index is 1.72. The number of carbonyl (C=O) groups is 1. The Kier molecular flexibility index (Phi) is 4.89. The van der Waals surface area contributed by atoms with Crippen LogP contribution < -0.4 is 15.4 Å². The van der Waals surface area contributed by atoms with E-state index in [9.17, 15) is 4.79 Å². The van der Waals surface area contributed by atoms with E-state index in [0.717, 1.165) is 42.1 Å². The van der Waals surface area contributed by atoms with Gasteiger partial charge >= 0.3 is 0 Å². The molecule has 3 rings (SSSR count). The Hall–Kier alpha value is -2.28. The lowest BCUT2D eigenvalue weighted by molar-refractivity contribution is -0.116. The van der Waals surface area contributed by atoms with Crippen molar-refractivity contribution in [2.24, 2.45) is 0 Å². The lowest BCUT2D eigenvalue weighted by atomic mass is 10.0. The molecule has 1 aliphatic heterocycles. The Morgan fingerprint density at radius 3 is 2.96 bits per heavy atom. The number of anilines is 2. The zero-order valence-electron chi connectivity index (χ0n) is 13.8. The lowest BCUT2D eigenvalue weighted by Gasteiger charge is -2.29. The van der Waals surface area contributed by atoms with Gasteiger partial charge in [0, 0.05) is 24.0 Å². The smallest absolute Gasteiger partial charge is 0.237 e. The molecule has 0 aliphatic carbocycles. The number of rotatable bonds is 4. The second-order valence-corrected chi connectivity index (χ2v) is 6.59. The van der Waals surface area contributed by atoms with Crippen molar-refractivity contribution in [2.75, 3.05) is 30.0 Å². The highest BCUT2D eigenvalue weighted by molar-refractivity contribution is 7.99. The van der Waals surface area contributed by atoms with Gasteiger partial charge in [0.15, 0.2) is 5.16 Å². The first-order chi connectivity index (χ1) is 11.6. The van der Waals surface area contributed by atoms with Crippen molar-refractivity contribution in [3.8, 4) is 5.75 Å². The minimum absolute atomic E-state index is 0.0507. The highest BCUT2D eigenvalue weighted by Gasteiger charge is 2.23. The standard InChI is InChI=1S/C17H20N4O2S/c1-11-8-15(18)20-17(19-11)24-10-16(22)21-7-3-4-12-9-13(23-2)5-6-14(12)21/h5-6,8-9H,3-4,7,10H2,1-2H3,(H2,18,19,20). The summed E-state index contributed by atoms with van der Waals surface area (Å²) in [5.41, 5.74) is 8.64. The number of methoxy groups -OCH3 is 1. The molecule has 0 fully saturated rings. The molecule has 0 unspecified atom stereocenters. The number of amides is 1. The molecule has 6 nitrogen and oxygen atoms in total. The summed E-state index contributed by atoms with van der Waals surface area (Å²) < 4.78 is 5.27. The number of nitrogens with two attached hydrogens (primary N) is 1. The number of benzene rings is 1. The fourth-order valence-corrected chi connectivity index (χ4v) is 3.58. The molecular formula is C17H20N4O2S. The van der Waals surface area contributed by atoms with E-state index in [2.05, 4.69) is 9.97 Å². The van der Waals surface area contributed by atoms with Crippen LogP contribution in [0.5, 0.6) is 5.75 Å². The lowest BCUT2D eigenvalue weighted by Crippen LogP contribution is -2.36. The van der Waals surface area contributed by atoms with E-state index in [1.807, 2.05) is 30.0 Å². The van der Waals surface area contributed by atoms with Crippen molar-refractivity contribution < 1.29 is 9.53 Å². The summed E-state index contributed by atoms with van der Waals surface area (Å²) in [6.07, 6.45) is 1.91. The molecule has 0 radical (unpaired) electrons. The van der Waals surface area contributed by atoms with Crippen LogP contribution >= 0.6 is 11.8 Å². The molecule has 1 aromatic carbocycles. The van der Waals surface area contributed by atoms with E-state index in [-0.39, 0.29) is 11.7 Å². The third-order valence-electron chi connectivity index (χ3n) is 3.88. The summed E-state index contributed by atoms with van der Waals surface area (Å²) in [7, 11) is 1.65. The third-order valence-corrected chi connectivity index (χ3v) is 4.72. The highest BCUT2D eigenvalue weighted by Crippen LogP contribution is 2.31. The molecule has 2 heterocycles. The average molecular weight is 344 g/mol. The number of thioether (sulfide) groups is 1. The second kappa shape index (κ2) is 7.09. The molecule has 0 saturated heterocycles. The molecule has 126 valence electrons. The second-order valence-electron chi connectivity index (χ2n) is 5.65. The maximum Gasteiger partial charge on any atom is 0.237 e. The predicted molar refractivity (Wildman–Crippen MR) is 95.6 cm³/mol. The first kappa shape index (κ1) is 16.6. The maximum atomic E-state index is 12.6. The number of fused-ring (bicyclic) bond motifs is 1. The largest absolute Gasteiger partial charge is 0.497 e. The van der Waals surface area contributed by atoms with Gasteiger partial charge in [-0.25, -0.2) is 9.97 Å². The molecule has 0 spiro atoms. The Bertz CT molecular complexity index is 746. The zero-order valence-corrected chi connectivity index (χ0v) is 14.6. The van der Waals surface area contributed by atoms with Gasteiger partial charge in [0.05, 0.1) is 12.9 Å². The monoisotopic (exact) mass is 344 g/mol. The fraction of sp³-hybridized carbons (Fsp3) is 0.353. The molecular weight excluding hydrogens is 324 g/mol. The van der Waals surface area contributed by atoms with Crippen molar-refractivity contribution in [2.45, 2.75) is 24.9 Å². The first-order valence-corrected chi connectivity index (χ1v) is 8.76. The highest BCUT2D eigenvalue weighted by atomic mass is 32.2. The quantitative estimate of drug-likeness (QED) is 0.678. The molecule has 0 atom stereocenters. The Morgan fingerprint density at radius 2 is 2.21 bits per heavy atom. The molecule has 2 aromatic rings. The average Bonchev–Trinajstić information content (AvgIpc) is 2.57. The van der Waals surface area contributed by atoms with E-state index >= 15 is 0 Å². The molecule has 7 heteroatoms. The summed E-state index contributed by atoms with van der Waals surface area (Å²) in [4.78, 5) is 22.9. The molecule has 1 aromatic heterocycles. The van der Waals surface area contributed by atoms with Gasteiger partial charge in [0.2, 0.25) is 5.91 Å². The molecule has 24 heavy (non-hydrogen) atoms. The number of hydrogen-bond donors (Lipinski definition) is 1. The predicted octanol–water partition coefficient (Wildman–Crippen LogP) is 2.45. The van der Waals surface area contributed by atoms with Gasteiger partial charge in [-0.15, -0.1) is 0 Å². The van der Waals surface area contributed by atoms with Crippen molar-refractivity contribution in [1.82, 2.24) is 9.97 Å². The van der Waals surface area contributed by atoms with Gasteiger partial charge in [-0.2, -0.15) is 0 Å². The molecule has 0 saturated carbocycles. The Morgan fingerprint density at radius 1 is 1.38 bits per heavy atom. The minimum Gasteiger partial charge on any atom is -0.497 e. The number of ether oxygens (including phenoxy) is 1. The van der Waals surface area contributed by atoms with E-state index in [0.29, 0.717) is 11.0 Å². The van der Waals surface area contributed by atoms with Crippen LogP contribution in [0.1, 0.15) is 17.7 Å². The van der Waals surface area contributed by atoms with Crippen molar-refractivity contribution >= 4 is 29.2 Å². The van der Waals surface area contributed by atoms with Crippen LogP contribution in [0.3, 0.4) is 0 Å². The SMILES string of the molecule is COc1ccc2c(c1)CCCN2C(=O)CSc1nc(C)cc(N)n1. The number of nitrogen functional groups attached to an aromatic ring is 1. The van der Waals surface area contributed by atoms with Crippen LogP contribution in [0.25, 0.3) is 0 Å². The number of aryl methyl sites for hydroxylation is 2. The van der Waals surface area contributed by atoms with Crippen molar-refractivity contribution in [3.05, 3.63) is 35.5 Å². The molecule has 2 N–H and O–H groups in total. The van der Waals surface area contributed by atoms with Gasteiger partial charge < -0.3 is 15.4 Å². The van der Waals surface area contributed by atoms with Gasteiger partial charge in [-0.05, 0) is 43.5 Å². The minimum atomic E-state index is 0.0507. The molecule has 1 amide bonds. The zero-order chi connectivity index (χ0) is 17.1. The van der Waals surface area contributed by atoms with Crippen molar-refractivity contribution in [3.63, 3.8) is 0 Å². The maximum absolute atomic E-state index is 12.6. The number of aromatic nitrogens is 2. The van der Waals surface area contributed by atoms with Gasteiger partial charge in [0.1, 0.15) is 11.6 Å². The number of carbonyl (C=O) groups excluding carboxylic acids is 1. The van der Waals surface area contributed by atoms with Crippen LogP contribution in [0.15, 0.2) is 29.4 Å². The first-order valence-electron chi connectivity index (χ1n) is 7.78. The van der Waals surface area contributed by atoms with Crippen LogP contribution in [-0.4, -0.2) is 35.3 Å². The Labute approximate surface area is 145 Å². The van der Waals surface area contributed by atoms with Crippen LogP contribution in [0, 0.1) is 6.92 Å². The van der Waals surface area contributed by atoms with Crippen LogP contribution in [-0.2, 0) is 11.2 Å². The number of hydrogen-bond acceptors (Lipinski definition) is 6. The topological polar surface area (TPSA) is 81.3 Å². The van der Waals surface area contributed by atoms with Gasteiger partial charge in [0.25, 0.3) is 0 Å².